The lowest BCUT2D eigenvalue weighted by Gasteiger charge is -2.15. The van der Waals surface area contributed by atoms with Crippen LogP contribution in [0.5, 0.6) is 0 Å². The molecule has 20 heavy (non-hydrogen) atoms. The minimum atomic E-state index is -0.0811. The molecule has 0 radical (unpaired) electrons. The third-order valence-electron chi connectivity index (χ3n) is 4.47. The number of hydrogen-bond acceptors (Lipinski definition) is 2. The predicted octanol–water partition coefficient (Wildman–Crippen LogP) is 4.48. The smallest absolute Gasteiger partial charge is 0.160 e. The van der Waals surface area contributed by atoms with Crippen LogP contribution in [0.1, 0.15) is 49.9 Å². The minimum Gasteiger partial charge on any atom is -0.311 e. The van der Waals surface area contributed by atoms with Crippen molar-refractivity contribution in [1.29, 1.82) is 0 Å². The summed E-state index contributed by atoms with van der Waals surface area (Å²) in [6.07, 6.45) is 5.83. The van der Waals surface area contributed by atoms with Crippen molar-refractivity contribution >= 4 is 22.8 Å². The highest BCUT2D eigenvalue weighted by atomic mass is 35.5. The fraction of sp³-hybridized carbons (Fsp3) is 0.625. The van der Waals surface area contributed by atoms with Gasteiger partial charge in [0.05, 0.1) is 5.38 Å². The number of aromatic nitrogens is 3. The number of nitrogens with zero attached hydrogens (tertiary/aromatic N) is 3. The lowest BCUT2D eigenvalue weighted by atomic mass is 10.1. The number of aryl methyl sites for hydroxylation is 1. The Balaban J connectivity index is 2.03. The molecule has 0 N–H and O–H groups in total. The molecule has 3 rings (SSSR count). The van der Waals surface area contributed by atoms with Gasteiger partial charge < -0.3 is 4.57 Å². The summed E-state index contributed by atoms with van der Waals surface area (Å²) < 4.78 is 2.25. The van der Waals surface area contributed by atoms with Gasteiger partial charge in [0.15, 0.2) is 5.65 Å². The summed E-state index contributed by atoms with van der Waals surface area (Å²) in [7, 11) is 0. The first-order valence-corrected chi connectivity index (χ1v) is 7.95. The predicted molar refractivity (Wildman–Crippen MR) is 83.0 cm³/mol. The van der Waals surface area contributed by atoms with E-state index in [1.54, 1.807) is 0 Å². The van der Waals surface area contributed by atoms with Crippen LogP contribution in [0.4, 0.5) is 0 Å². The number of pyridine rings is 1. The quantitative estimate of drug-likeness (QED) is 0.781. The van der Waals surface area contributed by atoms with E-state index in [-0.39, 0.29) is 5.38 Å². The van der Waals surface area contributed by atoms with Gasteiger partial charge in [-0.05, 0) is 50.2 Å². The Morgan fingerprint density at radius 2 is 2.25 bits per heavy atom. The molecule has 2 heterocycles. The van der Waals surface area contributed by atoms with E-state index in [9.17, 15) is 0 Å². The Morgan fingerprint density at radius 3 is 2.90 bits per heavy atom. The van der Waals surface area contributed by atoms with E-state index in [0.29, 0.717) is 0 Å². The van der Waals surface area contributed by atoms with E-state index in [4.69, 9.17) is 16.6 Å². The van der Waals surface area contributed by atoms with Gasteiger partial charge in [0.2, 0.25) is 0 Å². The molecular weight excluding hydrogens is 270 g/mol. The molecule has 0 bridgehead atoms. The van der Waals surface area contributed by atoms with E-state index in [2.05, 4.69) is 23.4 Å². The molecule has 0 amide bonds. The second-order valence-electron chi connectivity index (χ2n) is 6.28. The molecule has 3 atom stereocenters. The van der Waals surface area contributed by atoms with Crippen molar-refractivity contribution in [2.24, 2.45) is 11.8 Å². The summed E-state index contributed by atoms with van der Waals surface area (Å²) in [5.74, 6) is 2.54. The van der Waals surface area contributed by atoms with E-state index in [1.807, 2.05) is 19.2 Å². The van der Waals surface area contributed by atoms with Crippen molar-refractivity contribution in [3.63, 3.8) is 0 Å². The molecule has 0 aromatic carbocycles. The lowest BCUT2D eigenvalue weighted by Crippen LogP contribution is -2.12. The molecule has 0 aliphatic heterocycles. The highest BCUT2D eigenvalue weighted by Crippen LogP contribution is 2.34. The van der Waals surface area contributed by atoms with Gasteiger partial charge in [-0.2, -0.15) is 0 Å². The van der Waals surface area contributed by atoms with Crippen molar-refractivity contribution in [3.8, 4) is 0 Å². The molecule has 2 aromatic heterocycles. The zero-order chi connectivity index (χ0) is 14.3. The van der Waals surface area contributed by atoms with Gasteiger partial charge in [0.1, 0.15) is 11.3 Å². The molecule has 2 aromatic rings. The summed E-state index contributed by atoms with van der Waals surface area (Å²) in [4.78, 5) is 9.29. The Bertz CT molecular complexity index is 617. The van der Waals surface area contributed by atoms with Crippen molar-refractivity contribution < 1.29 is 0 Å². The Kier molecular flexibility index (Phi) is 3.72. The largest absolute Gasteiger partial charge is 0.311 e. The van der Waals surface area contributed by atoms with Crippen molar-refractivity contribution in [1.82, 2.24) is 14.5 Å². The third-order valence-corrected chi connectivity index (χ3v) is 4.66. The zero-order valence-electron chi connectivity index (χ0n) is 12.4. The molecule has 1 aliphatic carbocycles. The maximum atomic E-state index is 6.34. The molecule has 3 nitrogen and oxygen atoms in total. The molecule has 0 spiro atoms. The van der Waals surface area contributed by atoms with Crippen LogP contribution in [0.25, 0.3) is 11.2 Å². The van der Waals surface area contributed by atoms with Crippen LogP contribution in [0.3, 0.4) is 0 Å². The fourth-order valence-corrected chi connectivity index (χ4v) is 3.55. The number of hydrogen-bond donors (Lipinski definition) is 0. The summed E-state index contributed by atoms with van der Waals surface area (Å²) in [5.41, 5.74) is 3.17. The number of fused-ring (bicyclic) bond motifs is 1. The summed E-state index contributed by atoms with van der Waals surface area (Å²) in [5, 5.41) is -0.0811. The first kappa shape index (κ1) is 13.9. The topological polar surface area (TPSA) is 30.7 Å². The normalized spacial score (nSPS) is 24.4. The fourth-order valence-electron chi connectivity index (χ4n) is 3.39. The van der Waals surface area contributed by atoms with Crippen molar-refractivity contribution in [2.45, 2.75) is 52.0 Å². The maximum Gasteiger partial charge on any atom is 0.160 e. The van der Waals surface area contributed by atoms with E-state index < -0.39 is 0 Å². The Hall–Kier alpha value is -1.09. The van der Waals surface area contributed by atoms with Gasteiger partial charge >= 0.3 is 0 Å². The van der Waals surface area contributed by atoms with Crippen LogP contribution in [0, 0.1) is 18.8 Å². The van der Waals surface area contributed by atoms with Crippen LogP contribution in [-0.4, -0.2) is 14.5 Å². The lowest BCUT2D eigenvalue weighted by molar-refractivity contribution is 0.437. The van der Waals surface area contributed by atoms with Crippen LogP contribution < -0.4 is 0 Å². The first-order chi connectivity index (χ1) is 9.56. The molecule has 1 aliphatic rings. The van der Waals surface area contributed by atoms with E-state index in [1.165, 1.54) is 24.8 Å². The third kappa shape index (κ3) is 2.44. The maximum absolute atomic E-state index is 6.34. The second-order valence-corrected chi connectivity index (χ2v) is 6.94. The van der Waals surface area contributed by atoms with Gasteiger partial charge in [-0.15, -0.1) is 11.6 Å². The molecule has 4 heteroatoms. The molecule has 3 unspecified atom stereocenters. The number of imidazole rings is 1. The van der Waals surface area contributed by atoms with Crippen LogP contribution in [-0.2, 0) is 6.54 Å². The highest BCUT2D eigenvalue weighted by Gasteiger charge is 2.25. The SMILES string of the molecule is Cc1ccnc2c1nc(C(C)Cl)n2CC1CCC(C)C1. The van der Waals surface area contributed by atoms with Crippen molar-refractivity contribution in [2.75, 3.05) is 0 Å². The van der Waals surface area contributed by atoms with Gasteiger partial charge in [-0.25, -0.2) is 9.97 Å². The summed E-state index contributed by atoms with van der Waals surface area (Å²) in [6, 6.07) is 2.01. The van der Waals surface area contributed by atoms with Gasteiger partial charge in [-0.1, -0.05) is 13.3 Å². The van der Waals surface area contributed by atoms with E-state index >= 15 is 0 Å². The summed E-state index contributed by atoms with van der Waals surface area (Å²) in [6.45, 7) is 7.43. The minimum absolute atomic E-state index is 0.0811. The van der Waals surface area contributed by atoms with E-state index in [0.717, 1.165) is 35.4 Å². The highest BCUT2D eigenvalue weighted by molar-refractivity contribution is 6.20. The van der Waals surface area contributed by atoms with Gasteiger partial charge in [0.25, 0.3) is 0 Å². The number of halogens is 1. The zero-order valence-corrected chi connectivity index (χ0v) is 13.2. The number of alkyl halides is 1. The monoisotopic (exact) mass is 291 g/mol. The molecule has 108 valence electrons. The van der Waals surface area contributed by atoms with Crippen LogP contribution in [0.15, 0.2) is 12.3 Å². The average Bonchev–Trinajstić information content (AvgIpc) is 2.96. The molecule has 1 saturated carbocycles. The first-order valence-electron chi connectivity index (χ1n) is 7.52. The number of rotatable bonds is 3. The van der Waals surface area contributed by atoms with Gasteiger partial charge in [0, 0.05) is 12.7 Å². The second kappa shape index (κ2) is 5.36. The Morgan fingerprint density at radius 1 is 1.45 bits per heavy atom. The van der Waals surface area contributed by atoms with Gasteiger partial charge in [-0.3, -0.25) is 0 Å². The Labute approximate surface area is 125 Å². The van der Waals surface area contributed by atoms with Crippen LogP contribution in [0.2, 0.25) is 0 Å². The average molecular weight is 292 g/mol. The molecule has 1 fully saturated rings. The van der Waals surface area contributed by atoms with Crippen molar-refractivity contribution in [3.05, 3.63) is 23.7 Å². The standard InChI is InChI=1S/C16H22ClN3/c1-10-4-5-13(8-10)9-20-15(12(3)17)19-14-11(2)6-7-18-16(14)20/h6-7,10,12-13H,4-5,8-9H2,1-3H3. The molecular formula is C16H22ClN3. The summed E-state index contributed by atoms with van der Waals surface area (Å²) >= 11 is 6.34. The van der Waals surface area contributed by atoms with Crippen LogP contribution >= 0.6 is 11.6 Å². The molecule has 0 saturated heterocycles.